The lowest BCUT2D eigenvalue weighted by Crippen LogP contribution is -2.40. The highest BCUT2D eigenvalue weighted by Crippen LogP contribution is 2.19. The van der Waals surface area contributed by atoms with Gasteiger partial charge in [0.25, 0.3) is 11.5 Å². The number of aromatic amines is 1. The molecule has 4 rings (SSSR count). The molecule has 3 aromatic heterocycles. The summed E-state index contributed by atoms with van der Waals surface area (Å²) in [4.78, 5) is 32.4. The molecule has 0 radical (unpaired) electrons. The average molecular weight is 521 g/mol. The molecule has 0 bridgehead atoms. The Labute approximate surface area is 220 Å². The van der Waals surface area contributed by atoms with E-state index in [9.17, 15) is 9.59 Å². The number of carbonyl (C=O) groups is 1. The molecule has 0 saturated carbocycles. The number of nitrogens with zero attached hydrogens (tertiary/aromatic N) is 5. The van der Waals surface area contributed by atoms with E-state index in [1.54, 1.807) is 36.3 Å². The average Bonchev–Trinajstić information content (AvgIpc) is 3.54. The summed E-state index contributed by atoms with van der Waals surface area (Å²) in [5.74, 6) is 0.739. The Morgan fingerprint density at radius 1 is 1.11 bits per heavy atom. The van der Waals surface area contributed by atoms with Gasteiger partial charge in [0, 0.05) is 31.2 Å². The molecule has 1 aromatic carbocycles. The van der Waals surface area contributed by atoms with Gasteiger partial charge in [0.05, 0.1) is 32.1 Å². The van der Waals surface area contributed by atoms with E-state index in [4.69, 9.17) is 14.2 Å². The third kappa shape index (κ3) is 6.36. The van der Waals surface area contributed by atoms with Crippen molar-refractivity contribution in [3.63, 3.8) is 0 Å². The van der Waals surface area contributed by atoms with E-state index in [0.29, 0.717) is 31.3 Å². The van der Waals surface area contributed by atoms with Crippen LogP contribution >= 0.6 is 0 Å². The second-order valence-corrected chi connectivity index (χ2v) is 8.48. The van der Waals surface area contributed by atoms with Crippen molar-refractivity contribution in [2.75, 3.05) is 31.8 Å². The Kier molecular flexibility index (Phi) is 8.72. The Balaban J connectivity index is 1.64. The molecule has 38 heavy (non-hydrogen) atoms. The fraction of sp³-hybridized carbons (Fsp3) is 0.333. The summed E-state index contributed by atoms with van der Waals surface area (Å²) < 4.78 is 19.6. The number of benzene rings is 1. The van der Waals surface area contributed by atoms with Gasteiger partial charge in [0.1, 0.15) is 11.4 Å². The summed E-state index contributed by atoms with van der Waals surface area (Å²) in [6, 6.07) is 14.3. The molecule has 0 unspecified atom stereocenters. The number of pyridine rings is 1. The number of aryl methyl sites for hydroxylation is 1. The van der Waals surface area contributed by atoms with Crippen LogP contribution in [0.2, 0.25) is 0 Å². The number of ether oxygens (including phenoxy) is 3. The third-order valence-corrected chi connectivity index (χ3v) is 5.77. The molecule has 0 aliphatic carbocycles. The molecule has 200 valence electrons. The number of methoxy groups -OCH3 is 1. The molecule has 11 heteroatoms. The highest BCUT2D eigenvalue weighted by Gasteiger charge is 2.26. The summed E-state index contributed by atoms with van der Waals surface area (Å²) in [5, 5.41) is 7.35. The topological polar surface area (TPSA) is 116 Å². The maximum absolute atomic E-state index is 13.8. The molecular formula is C27H32N6O5. The van der Waals surface area contributed by atoms with Gasteiger partial charge in [-0.1, -0.05) is 18.2 Å². The van der Waals surface area contributed by atoms with Crippen LogP contribution in [0.15, 0.2) is 65.7 Å². The molecule has 0 aliphatic heterocycles. The number of anilines is 1. The zero-order chi connectivity index (χ0) is 27.1. The first-order valence-corrected chi connectivity index (χ1v) is 12.4. The zero-order valence-corrected chi connectivity index (χ0v) is 22.0. The van der Waals surface area contributed by atoms with Crippen LogP contribution in [0.5, 0.6) is 5.75 Å². The number of hydrogen-bond acceptors (Lipinski definition) is 7. The van der Waals surface area contributed by atoms with Crippen LogP contribution in [0, 0.1) is 6.92 Å². The van der Waals surface area contributed by atoms with Crippen molar-refractivity contribution in [2.24, 2.45) is 0 Å². The minimum Gasteiger partial charge on any atom is -0.497 e. The lowest BCUT2D eigenvalue weighted by molar-refractivity contribution is -0.128. The molecule has 0 spiro atoms. The summed E-state index contributed by atoms with van der Waals surface area (Å²) in [6.07, 6.45) is 2.72. The summed E-state index contributed by atoms with van der Waals surface area (Å²) in [5.41, 5.74) is 2.02. The van der Waals surface area contributed by atoms with E-state index in [-0.39, 0.29) is 12.2 Å². The van der Waals surface area contributed by atoms with Gasteiger partial charge in [-0.05, 0) is 50.6 Å². The summed E-state index contributed by atoms with van der Waals surface area (Å²) in [7, 11) is 1.62. The Bertz CT molecular complexity index is 1400. The normalized spacial score (nSPS) is 11.2. The van der Waals surface area contributed by atoms with Crippen molar-refractivity contribution >= 4 is 11.6 Å². The van der Waals surface area contributed by atoms with Gasteiger partial charge in [0.15, 0.2) is 12.1 Å². The number of hydrogen-bond donors (Lipinski definition) is 1. The smallest absolute Gasteiger partial charge is 0.276 e. The van der Waals surface area contributed by atoms with Crippen molar-refractivity contribution in [1.29, 1.82) is 0 Å². The van der Waals surface area contributed by atoms with Crippen LogP contribution in [0.4, 0.5) is 5.69 Å². The summed E-state index contributed by atoms with van der Waals surface area (Å²) >= 11 is 0. The van der Waals surface area contributed by atoms with Crippen LogP contribution < -0.4 is 15.2 Å². The maximum atomic E-state index is 13.8. The SMILES string of the molecule is CCOC(CN(C(=O)c1cc(=O)n(-c2cccc(C)n2)[nH]1)c1cnn(Cc2ccc(OC)cc2)c1)OCC. The van der Waals surface area contributed by atoms with E-state index in [1.807, 2.05) is 51.1 Å². The molecule has 11 nitrogen and oxygen atoms in total. The second kappa shape index (κ2) is 12.3. The second-order valence-electron chi connectivity index (χ2n) is 8.48. The molecule has 0 aliphatic rings. The van der Waals surface area contributed by atoms with Gasteiger partial charge in [-0.15, -0.1) is 0 Å². The van der Waals surface area contributed by atoms with Crippen molar-refractivity contribution in [2.45, 2.75) is 33.6 Å². The van der Waals surface area contributed by atoms with Gasteiger partial charge in [-0.25, -0.2) is 9.67 Å². The largest absolute Gasteiger partial charge is 0.497 e. The zero-order valence-electron chi connectivity index (χ0n) is 22.0. The Morgan fingerprint density at radius 3 is 2.50 bits per heavy atom. The van der Waals surface area contributed by atoms with E-state index < -0.39 is 17.8 Å². The standard InChI is InChI=1S/C27H32N6O5/c1-5-37-26(38-6-2)18-32(21-15-28-31(17-21)16-20-10-12-22(36-4)13-11-20)27(35)23-14-25(34)33(30-23)24-9-7-8-19(3)29-24/h7-15,17,26,30H,5-6,16,18H2,1-4H3. The fourth-order valence-electron chi connectivity index (χ4n) is 3.95. The number of rotatable bonds is 12. The van der Waals surface area contributed by atoms with E-state index in [2.05, 4.69) is 15.2 Å². The van der Waals surface area contributed by atoms with Crippen LogP contribution in [0.25, 0.3) is 5.82 Å². The molecule has 1 amide bonds. The van der Waals surface area contributed by atoms with Gasteiger partial charge in [-0.2, -0.15) is 5.10 Å². The highest BCUT2D eigenvalue weighted by molar-refractivity contribution is 6.04. The first-order chi connectivity index (χ1) is 18.4. The lowest BCUT2D eigenvalue weighted by atomic mass is 10.2. The molecule has 1 N–H and O–H groups in total. The summed E-state index contributed by atoms with van der Waals surface area (Å²) in [6.45, 7) is 6.97. The van der Waals surface area contributed by atoms with Crippen molar-refractivity contribution < 1.29 is 19.0 Å². The number of carbonyl (C=O) groups excluding carboxylic acids is 1. The van der Waals surface area contributed by atoms with Gasteiger partial charge < -0.3 is 14.2 Å². The monoisotopic (exact) mass is 520 g/mol. The minimum atomic E-state index is -0.661. The molecule has 0 fully saturated rings. The number of amides is 1. The third-order valence-electron chi connectivity index (χ3n) is 5.77. The predicted molar refractivity (Wildman–Crippen MR) is 142 cm³/mol. The van der Waals surface area contributed by atoms with Gasteiger partial charge in [-0.3, -0.25) is 24.3 Å². The predicted octanol–water partition coefficient (Wildman–Crippen LogP) is 3.17. The molecule has 3 heterocycles. The molecular weight excluding hydrogens is 488 g/mol. The van der Waals surface area contributed by atoms with Crippen molar-refractivity contribution in [3.8, 4) is 11.6 Å². The molecule has 0 saturated heterocycles. The van der Waals surface area contributed by atoms with E-state index in [0.717, 1.165) is 17.0 Å². The van der Waals surface area contributed by atoms with Crippen molar-refractivity contribution in [3.05, 3.63) is 88.2 Å². The van der Waals surface area contributed by atoms with E-state index in [1.165, 1.54) is 15.6 Å². The van der Waals surface area contributed by atoms with Crippen LogP contribution in [0.3, 0.4) is 0 Å². The highest BCUT2D eigenvalue weighted by atomic mass is 16.7. The molecule has 0 atom stereocenters. The van der Waals surface area contributed by atoms with Crippen LogP contribution in [-0.4, -0.2) is 63.6 Å². The first kappa shape index (κ1) is 26.8. The minimum absolute atomic E-state index is 0.102. The van der Waals surface area contributed by atoms with Gasteiger partial charge >= 0.3 is 0 Å². The number of nitrogens with one attached hydrogen (secondary N) is 1. The van der Waals surface area contributed by atoms with Crippen LogP contribution in [0.1, 0.15) is 35.6 Å². The lowest BCUT2D eigenvalue weighted by Gasteiger charge is -2.26. The number of H-pyrrole nitrogens is 1. The van der Waals surface area contributed by atoms with Crippen LogP contribution in [-0.2, 0) is 16.0 Å². The molecule has 4 aromatic rings. The quantitative estimate of drug-likeness (QED) is 0.285. The van der Waals surface area contributed by atoms with Gasteiger partial charge in [0.2, 0.25) is 0 Å². The first-order valence-electron chi connectivity index (χ1n) is 12.4. The van der Waals surface area contributed by atoms with E-state index >= 15 is 0 Å². The Hall–Kier alpha value is -4.22. The van der Waals surface area contributed by atoms with Crippen molar-refractivity contribution in [1.82, 2.24) is 24.5 Å². The Morgan fingerprint density at radius 2 is 1.84 bits per heavy atom. The fourth-order valence-corrected chi connectivity index (χ4v) is 3.95. The number of aromatic nitrogens is 5. The maximum Gasteiger partial charge on any atom is 0.276 e.